The summed E-state index contributed by atoms with van der Waals surface area (Å²) in [5.74, 6) is 0.449. The SMILES string of the molecule is COc1cc(/C=C2\N=C(c3ccc(NC(C)=O)cc3)OC2=O)cc(Br)c1OCc1cccc(Cl)c1. The molecular weight excluding hydrogens is 536 g/mol. The van der Waals surface area contributed by atoms with Gasteiger partial charge in [0.15, 0.2) is 17.2 Å². The highest BCUT2D eigenvalue weighted by atomic mass is 79.9. The zero-order chi connectivity index (χ0) is 24.9. The largest absolute Gasteiger partial charge is 0.493 e. The van der Waals surface area contributed by atoms with Gasteiger partial charge in [-0.3, -0.25) is 4.79 Å². The predicted molar refractivity (Wildman–Crippen MR) is 138 cm³/mol. The molecule has 9 heteroatoms. The molecule has 0 saturated heterocycles. The summed E-state index contributed by atoms with van der Waals surface area (Å²) in [6.45, 7) is 1.73. The number of hydrogen-bond donors (Lipinski definition) is 1. The Balaban J connectivity index is 1.55. The lowest BCUT2D eigenvalue weighted by Crippen LogP contribution is -2.07. The number of halogens is 2. The molecule has 0 saturated carbocycles. The number of ether oxygens (including phenoxy) is 3. The number of methoxy groups -OCH3 is 1. The fraction of sp³-hybridized carbons (Fsp3) is 0.115. The van der Waals surface area contributed by atoms with Crippen molar-refractivity contribution in [2.75, 3.05) is 12.4 Å². The molecule has 7 nitrogen and oxygen atoms in total. The van der Waals surface area contributed by atoms with Crippen LogP contribution >= 0.6 is 27.5 Å². The van der Waals surface area contributed by atoms with Gasteiger partial charge in [-0.2, -0.15) is 0 Å². The fourth-order valence-corrected chi connectivity index (χ4v) is 4.12. The molecule has 4 rings (SSSR count). The Kier molecular flexibility index (Phi) is 7.53. The summed E-state index contributed by atoms with van der Waals surface area (Å²) in [5, 5.41) is 3.31. The average molecular weight is 556 g/mol. The van der Waals surface area contributed by atoms with Gasteiger partial charge in [0.1, 0.15) is 6.61 Å². The number of amides is 1. The molecule has 0 fully saturated rings. The molecule has 3 aromatic rings. The van der Waals surface area contributed by atoms with Gasteiger partial charge in [-0.15, -0.1) is 0 Å². The number of aliphatic imine (C=N–C) groups is 1. The van der Waals surface area contributed by atoms with Crippen LogP contribution in [0.5, 0.6) is 11.5 Å². The average Bonchev–Trinajstić information content (AvgIpc) is 3.18. The fourth-order valence-electron chi connectivity index (χ4n) is 3.34. The van der Waals surface area contributed by atoms with Crippen molar-refractivity contribution in [2.45, 2.75) is 13.5 Å². The van der Waals surface area contributed by atoms with Crippen LogP contribution in [0.25, 0.3) is 6.08 Å². The third-order valence-corrected chi connectivity index (χ3v) is 5.72. The van der Waals surface area contributed by atoms with Crippen molar-refractivity contribution in [2.24, 2.45) is 4.99 Å². The standard InChI is InChI=1S/C26H20BrClN2O5/c1-15(31)29-20-8-6-18(7-9-20)25-30-22(26(32)35-25)12-17-11-21(27)24(23(13-17)33-2)34-14-16-4-3-5-19(28)10-16/h3-13H,14H2,1-2H3,(H,29,31)/b22-12-. The van der Waals surface area contributed by atoms with Gasteiger partial charge >= 0.3 is 5.97 Å². The van der Waals surface area contributed by atoms with Crippen LogP contribution in [0.4, 0.5) is 5.69 Å². The first-order valence-corrected chi connectivity index (χ1v) is 11.6. The Hall–Kier alpha value is -3.62. The van der Waals surface area contributed by atoms with Crippen LogP contribution in [-0.2, 0) is 20.9 Å². The second-order valence-corrected chi connectivity index (χ2v) is 8.84. The van der Waals surface area contributed by atoms with Gasteiger partial charge in [-0.1, -0.05) is 23.7 Å². The molecule has 0 unspecified atom stereocenters. The highest BCUT2D eigenvalue weighted by Gasteiger charge is 2.24. The number of rotatable bonds is 7. The lowest BCUT2D eigenvalue weighted by molar-refractivity contribution is -0.129. The lowest BCUT2D eigenvalue weighted by Gasteiger charge is -2.14. The monoisotopic (exact) mass is 554 g/mol. The summed E-state index contributed by atoms with van der Waals surface area (Å²) in [4.78, 5) is 27.9. The molecule has 1 aliphatic heterocycles. The normalized spacial score (nSPS) is 13.9. The van der Waals surface area contributed by atoms with E-state index in [-0.39, 0.29) is 17.5 Å². The van der Waals surface area contributed by atoms with Crippen molar-refractivity contribution in [3.63, 3.8) is 0 Å². The Labute approximate surface area is 215 Å². The van der Waals surface area contributed by atoms with Gasteiger partial charge in [-0.05, 0) is 81.7 Å². The minimum atomic E-state index is -0.567. The van der Waals surface area contributed by atoms with Crippen LogP contribution in [0.2, 0.25) is 5.02 Å². The molecule has 1 N–H and O–H groups in total. The zero-order valence-electron chi connectivity index (χ0n) is 18.8. The number of carbonyl (C=O) groups is 2. The number of hydrogen-bond acceptors (Lipinski definition) is 6. The zero-order valence-corrected chi connectivity index (χ0v) is 21.1. The summed E-state index contributed by atoms with van der Waals surface area (Å²) in [6, 6.07) is 17.8. The maximum Gasteiger partial charge on any atom is 0.363 e. The molecule has 0 radical (unpaired) electrons. The van der Waals surface area contributed by atoms with Crippen LogP contribution in [0, 0.1) is 0 Å². The van der Waals surface area contributed by atoms with Crippen molar-refractivity contribution in [3.05, 3.63) is 92.5 Å². The Morgan fingerprint density at radius 1 is 1.17 bits per heavy atom. The number of carbonyl (C=O) groups excluding carboxylic acids is 2. The first kappa shape index (κ1) is 24.5. The molecule has 178 valence electrons. The third kappa shape index (κ3) is 6.09. The lowest BCUT2D eigenvalue weighted by atomic mass is 10.1. The van der Waals surface area contributed by atoms with E-state index in [4.69, 9.17) is 25.8 Å². The van der Waals surface area contributed by atoms with E-state index < -0.39 is 5.97 Å². The van der Waals surface area contributed by atoms with E-state index >= 15 is 0 Å². The van der Waals surface area contributed by atoms with E-state index in [1.807, 2.05) is 18.2 Å². The summed E-state index contributed by atoms with van der Waals surface area (Å²) in [7, 11) is 1.54. The molecule has 0 aromatic heterocycles. The second kappa shape index (κ2) is 10.8. The molecule has 0 aliphatic carbocycles. The van der Waals surface area contributed by atoms with Crippen LogP contribution < -0.4 is 14.8 Å². The number of esters is 1. The van der Waals surface area contributed by atoms with E-state index in [2.05, 4.69) is 26.2 Å². The smallest absolute Gasteiger partial charge is 0.363 e. The molecular formula is C26H20BrClN2O5. The molecule has 0 bridgehead atoms. The van der Waals surface area contributed by atoms with Crippen molar-refractivity contribution in [1.82, 2.24) is 0 Å². The summed E-state index contributed by atoms with van der Waals surface area (Å²) >= 11 is 9.57. The number of benzene rings is 3. The molecule has 0 atom stereocenters. The van der Waals surface area contributed by atoms with Gasteiger partial charge in [-0.25, -0.2) is 9.79 Å². The summed E-state index contributed by atoms with van der Waals surface area (Å²) in [5.41, 5.74) is 2.98. The molecule has 1 amide bonds. The summed E-state index contributed by atoms with van der Waals surface area (Å²) in [6.07, 6.45) is 1.61. The Morgan fingerprint density at radius 2 is 1.94 bits per heavy atom. The minimum Gasteiger partial charge on any atom is -0.493 e. The first-order chi connectivity index (χ1) is 16.8. The van der Waals surface area contributed by atoms with E-state index in [9.17, 15) is 9.59 Å². The van der Waals surface area contributed by atoms with Gasteiger partial charge in [0, 0.05) is 23.2 Å². The van der Waals surface area contributed by atoms with Crippen LogP contribution in [0.3, 0.4) is 0 Å². The molecule has 35 heavy (non-hydrogen) atoms. The third-order valence-electron chi connectivity index (χ3n) is 4.90. The first-order valence-electron chi connectivity index (χ1n) is 10.5. The van der Waals surface area contributed by atoms with Crippen LogP contribution in [0.15, 0.2) is 75.8 Å². The maximum absolute atomic E-state index is 12.4. The van der Waals surface area contributed by atoms with Crippen molar-refractivity contribution >= 4 is 57.1 Å². The van der Waals surface area contributed by atoms with E-state index in [1.165, 1.54) is 14.0 Å². The van der Waals surface area contributed by atoms with Gasteiger partial charge < -0.3 is 19.5 Å². The highest BCUT2D eigenvalue weighted by Crippen LogP contribution is 2.38. The topological polar surface area (TPSA) is 86.2 Å². The van der Waals surface area contributed by atoms with Gasteiger partial charge in [0.2, 0.25) is 11.8 Å². The molecule has 1 heterocycles. The number of anilines is 1. The van der Waals surface area contributed by atoms with Crippen molar-refractivity contribution in [1.29, 1.82) is 0 Å². The van der Waals surface area contributed by atoms with Gasteiger partial charge in [0.05, 0.1) is 11.6 Å². The van der Waals surface area contributed by atoms with Crippen LogP contribution in [-0.4, -0.2) is 24.9 Å². The molecule has 1 aliphatic rings. The van der Waals surface area contributed by atoms with E-state index in [0.717, 1.165) is 5.56 Å². The van der Waals surface area contributed by atoms with Gasteiger partial charge in [0.25, 0.3) is 0 Å². The van der Waals surface area contributed by atoms with E-state index in [1.54, 1.807) is 48.5 Å². The summed E-state index contributed by atoms with van der Waals surface area (Å²) < 4.78 is 17.5. The molecule has 3 aromatic carbocycles. The maximum atomic E-state index is 12.4. The number of cyclic esters (lactones) is 1. The molecule has 0 spiro atoms. The second-order valence-electron chi connectivity index (χ2n) is 7.55. The van der Waals surface area contributed by atoms with Crippen LogP contribution in [0.1, 0.15) is 23.6 Å². The predicted octanol–water partition coefficient (Wildman–Crippen LogP) is 5.99. The number of nitrogens with zero attached hydrogens (tertiary/aromatic N) is 1. The minimum absolute atomic E-state index is 0.146. The van der Waals surface area contributed by atoms with Crippen molar-refractivity contribution < 1.29 is 23.8 Å². The Bertz CT molecular complexity index is 1350. The quantitative estimate of drug-likeness (QED) is 0.286. The number of nitrogens with one attached hydrogen (secondary N) is 1. The Morgan fingerprint density at radius 3 is 2.63 bits per heavy atom. The van der Waals surface area contributed by atoms with Crippen molar-refractivity contribution in [3.8, 4) is 11.5 Å². The highest BCUT2D eigenvalue weighted by molar-refractivity contribution is 9.10. The van der Waals surface area contributed by atoms with E-state index in [0.29, 0.717) is 44.4 Å².